The molecular weight excluding hydrogens is 218 g/mol. The van der Waals surface area contributed by atoms with Crippen LogP contribution in [-0.4, -0.2) is 45.4 Å². The van der Waals surface area contributed by atoms with E-state index >= 15 is 0 Å². The third-order valence-corrected chi connectivity index (χ3v) is 3.50. The Morgan fingerprint density at radius 3 is 3.00 bits per heavy atom. The van der Waals surface area contributed by atoms with Crippen molar-refractivity contribution in [1.82, 2.24) is 14.7 Å². The predicted octanol–water partition coefficient (Wildman–Crippen LogP) is 1.07. The van der Waals surface area contributed by atoms with Crippen LogP contribution in [0.3, 0.4) is 0 Å². The van der Waals surface area contributed by atoms with Crippen molar-refractivity contribution in [2.24, 2.45) is 5.41 Å². The Hall–Kier alpha value is -1.36. The molecule has 0 aliphatic carbocycles. The number of carbonyl (C=O) groups is 1. The van der Waals surface area contributed by atoms with Gasteiger partial charge in [0.15, 0.2) is 0 Å². The van der Waals surface area contributed by atoms with Gasteiger partial charge in [-0.2, -0.15) is 5.10 Å². The molecule has 5 nitrogen and oxygen atoms in total. The fourth-order valence-corrected chi connectivity index (χ4v) is 2.39. The molecule has 17 heavy (non-hydrogen) atoms. The smallest absolute Gasteiger partial charge is 0.310 e. The summed E-state index contributed by atoms with van der Waals surface area (Å²) in [6, 6.07) is 1.90. The molecule has 2 rings (SSSR count). The van der Waals surface area contributed by atoms with Crippen LogP contribution in [-0.2, 0) is 11.3 Å². The van der Waals surface area contributed by atoms with Gasteiger partial charge in [-0.15, -0.1) is 0 Å². The van der Waals surface area contributed by atoms with Crippen molar-refractivity contribution in [2.75, 3.05) is 19.6 Å². The maximum Gasteiger partial charge on any atom is 0.310 e. The number of nitrogens with zero attached hydrogens (tertiary/aromatic N) is 3. The van der Waals surface area contributed by atoms with Crippen molar-refractivity contribution in [3.05, 3.63) is 18.5 Å². The molecule has 5 heteroatoms. The minimum absolute atomic E-state index is 0.581. The molecular formula is C12H19N3O2. The molecule has 0 aromatic carbocycles. The lowest BCUT2D eigenvalue weighted by molar-refractivity contribution is -0.151. The second-order valence-corrected chi connectivity index (χ2v) is 5.01. The number of carboxylic acid groups (broad SMARTS) is 1. The average molecular weight is 237 g/mol. The molecule has 1 atom stereocenters. The fraction of sp³-hybridized carbons (Fsp3) is 0.667. The number of likely N-dealkylation sites (tertiary alicyclic amines) is 1. The van der Waals surface area contributed by atoms with Crippen LogP contribution in [0.5, 0.6) is 0 Å². The first kappa shape index (κ1) is 12.1. The molecule has 1 unspecified atom stereocenters. The van der Waals surface area contributed by atoms with Gasteiger partial charge in [-0.25, -0.2) is 0 Å². The van der Waals surface area contributed by atoms with Crippen LogP contribution < -0.4 is 0 Å². The van der Waals surface area contributed by atoms with Crippen LogP contribution in [0, 0.1) is 5.41 Å². The summed E-state index contributed by atoms with van der Waals surface area (Å²) in [6.07, 6.45) is 5.43. The average Bonchev–Trinajstić information content (AvgIpc) is 2.79. The summed E-state index contributed by atoms with van der Waals surface area (Å²) in [7, 11) is 0. The normalized spacial score (nSPS) is 25.9. The van der Waals surface area contributed by atoms with E-state index in [9.17, 15) is 9.90 Å². The number of piperidine rings is 1. The Kier molecular flexibility index (Phi) is 3.47. The molecule has 0 saturated carbocycles. The SMILES string of the molecule is CC1(C(=O)O)CCCN(CCn2cccn2)C1. The van der Waals surface area contributed by atoms with Gasteiger partial charge < -0.3 is 10.0 Å². The van der Waals surface area contributed by atoms with Gasteiger partial charge >= 0.3 is 5.97 Å². The van der Waals surface area contributed by atoms with E-state index in [1.54, 1.807) is 6.20 Å². The number of hydrogen-bond donors (Lipinski definition) is 1. The summed E-state index contributed by atoms with van der Waals surface area (Å²) in [5, 5.41) is 13.4. The lowest BCUT2D eigenvalue weighted by Gasteiger charge is -2.37. The summed E-state index contributed by atoms with van der Waals surface area (Å²) in [5.74, 6) is -0.679. The molecule has 1 fully saturated rings. The van der Waals surface area contributed by atoms with E-state index in [4.69, 9.17) is 0 Å². The molecule has 0 bridgehead atoms. The van der Waals surface area contributed by atoms with Gasteiger partial charge in [0, 0.05) is 25.5 Å². The molecule has 0 amide bonds. The van der Waals surface area contributed by atoms with Crippen LogP contribution in [0.2, 0.25) is 0 Å². The van der Waals surface area contributed by atoms with Gasteiger partial charge in [0.2, 0.25) is 0 Å². The number of aliphatic carboxylic acids is 1. The van der Waals surface area contributed by atoms with Gasteiger partial charge in [0.05, 0.1) is 12.0 Å². The van der Waals surface area contributed by atoms with Crippen LogP contribution in [0.15, 0.2) is 18.5 Å². The molecule has 1 N–H and O–H groups in total. The number of aromatic nitrogens is 2. The molecule has 94 valence electrons. The van der Waals surface area contributed by atoms with E-state index < -0.39 is 11.4 Å². The summed E-state index contributed by atoms with van der Waals surface area (Å²) >= 11 is 0. The first-order chi connectivity index (χ1) is 8.10. The molecule has 0 radical (unpaired) electrons. The Bertz CT molecular complexity index is 377. The topological polar surface area (TPSA) is 58.4 Å². The van der Waals surface area contributed by atoms with Gasteiger partial charge in [0.25, 0.3) is 0 Å². The lowest BCUT2D eigenvalue weighted by Crippen LogP contribution is -2.46. The summed E-state index contributed by atoms with van der Waals surface area (Å²) in [5.41, 5.74) is -0.581. The van der Waals surface area contributed by atoms with Crippen molar-refractivity contribution in [1.29, 1.82) is 0 Å². The van der Waals surface area contributed by atoms with E-state index in [1.807, 2.05) is 23.9 Å². The second-order valence-electron chi connectivity index (χ2n) is 5.01. The zero-order valence-corrected chi connectivity index (χ0v) is 10.2. The third kappa shape index (κ3) is 2.85. The molecule has 1 aromatic heterocycles. The monoisotopic (exact) mass is 237 g/mol. The maximum absolute atomic E-state index is 11.2. The van der Waals surface area contributed by atoms with Gasteiger partial charge in [-0.3, -0.25) is 9.48 Å². The van der Waals surface area contributed by atoms with Crippen molar-refractivity contribution >= 4 is 5.97 Å². The van der Waals surface area contributed by atoms with E-state index in [1.165, 1.54) is 0 Å². The number of hydrogen-bond acceptors (Lipinski definition) is 3. The fourth-order valence-electron chi connectivity index (χ4n) is 2.39. The minimum Gasteiger partial charge on any atom is -0.481 e. The Morgan fingerprint density at radius 1 is 1.53 bits per heavy atom. The molecule has 1 aliphatic heterocycles. The van der Waals surface area contributed by atoms with Crippen LogP contribution in [0.4, 0.5) is 0 Å². The number of carboxylic acids is 1. The van der Waals surface area contributed by atoms with Gasteiger partial charge in [-0.05, 0) is 32.4 Å². The first-order valence-corrected chi connectivity index (χ1v) is 6.03. The maximum atomic E-state index is 11.2. The summed E-state index contributed by atoms with van der Waals surface area (Å²) in [4.78, 5) is 13.4. The highest BCUT2D eigenvalue weighted by Crippen LogP contribution is 2.29. The third-order valence-electron chi connectivity index (χ3n) is 3.50. The molecule has 2 heterocycles. The van der Waals surface area contributed by atoms with Crippen molar-refractivity contribution in [3.8, 4) is 0 Å². The number of rotatable bonds is 4. The van der Waals surface area contributed by atoms with Crippen molar-refractivity contribution in [3.63, 3.8) is 0 Å². The minimum atomic E-state index is -0.679. The highest BCUT2D eigenvalue weighted by molar-refractivity contribution is 5.74. The standard InChI is InChI=1S/C12H19N3O2/c1-12(11(16)17)4-2-6-14(10-12)8-9-15-7-3-5-13-15/h3,5,7H,2,4,6,8-10H2,1H3,(H,16,17). The van der Waals surface area contributed by atoms with Crippen LogP contribution >= 0.6 is 0 Å². The first-order valence-electron chi connectivity index (χ1n) is 6.03. The van der Waals surface area contributed by atoms with Crippen LogP contribution in [0.25, 0.3) is 0 Å². The van der Waals surface area contributed by atoms with Crippen LogP contribution in [0.1, 0.15) is 19.8 Å². The Balaban J connectivity index is 1.87. The van der Waals surface area contributed by atoms with Crippen molar-refractivity contribution < 1.29 is 9.90 Å². The zero-order valence-electron chi connectivity index (χ0n) is 10.2. The van der Waals surface area contributed by atoms with Crippen molar-refractivity contribution in [2.45, 2.75) is 26.3 Å². The summed E-state index contributed by atoms with van der Waals surface area (Å²) in [6.45, 7) is 5.16. The van der Waals surface area contributed by atoms with E-state index in [0.717, 1.165) is 32.5 Å². The van der Waals surface area contributed by atoms with E-state index in [0.29, 0.717) is 6.54 Å². The van der Waals surface area contributed by atoms with E-state index in [2.05, 4.69) is 10.00 Å². The lowest BCUT2D eigenvalue weighted by atomic mass is 9.82. The molecule has 1 saturated heterocycles. The molecule has 1 aromatic rings. The Morgan fingerprint density at radius 2 is 2.35 bits per heavy atom. The van der Waals surface area contributed by atoms with Gasteiger partial charge in [-0.1, -0.05) is 0 Å². The van der Waals surface area contributed by atoms with E-state index in [-0.39, 0.29) is 0 Å². The predicted molar refractivity (Wildman–Crippen MR) is 63.6 cm³/mol. The quantitative estimate of drug-likeness (QED) is 0.851. The largest absolute Gasteiger partial charge is 0.481 e. The second kappa shape index (κ2) is 4.87. The summed E-state index contributed by atoms with van der Waals surface area (Å²) < 4.78 is 1.88. The van der Waals surface area contributed by atoms with Gasteiger partial charge in [0.1, 0.15) is 0 Å². The highest BCUT2D eigenvalue weighted by atomic mass is 16.4. The Labute approximate surface area is 101 Å². The zero-order chi connectivity index (χ0) is 12.3. The molecule has 0 spiro atoms. The highest BCUT2D eigenvalue weighted by Gasteiger charge is 2.37. The molecule has 1 aliphatic rings.